The SMILES string of the molecule is Nc1c(S)cc(Nc2ccc(Nc3cccnc3)c(S)c2)c2c1C(=O)c1ccccc1C2=O. The molecular weight excluding hydrogens is 452 g/mol. The predicted molar refractivity (Wildman–Crippen MR) is 136 cm³/mol. The average Bonchev–Trinajstić information content (AvgIpc) is 2.82. The first-order valence-electron chi connectivity index (χ1n) is 10.0. The van der Waals surface area contributed by atoms with Gasteiger partial charge in [0.2, 0.25) is 0 Å². The molecule has 33 heavy (non-hydrogen) atoms. The molecule has 4 aromatic rings. The maximum atomic E-state index is 13.3. The Bertz CT molecular complexity index is 1440. The van der Waals surface area contributed by atoms with E-state index < -0.39 is 0 Å². The minimum atomic E-state index is -0.289. The van der Waals surface area contributed by atoms with Gasteiger partial charge in [-0.15, -0.1) is 25.3 Å². The second-order valence-electron chi connectivity index (χ2n) is 7.53. The van der Waals surface area contributed by atoms with Crippen molar-refractivity contribution in [2.75, 3.05) is 16.4 Å². The summed E-state index contributed by atoms with van der Waals surface area (Å²) in [4.78, 5) is 31.7. The molecule has 0 atom stereocenters. The van der Waals surface area contributed by atoms with Crippen LogP contribution in [0.4, 0.5) is 28.4 Å². The monoisotopic (exact) mass is 470 g/mol. The molecule has 0 spiro atoms. The van der Waals surface area contributed by atoms with E-state index in [-0.39, 0.29) is 28.4 Å². The number of rotatable bonds is 4. The van der Waals surface area contributed by atoms with Gasteiger partial charge < -0.3 is 16.4 Å². The summed E-state index contributed by atoms with van der Waals surface area (Å²) < 4.78 is 0. The molecule has 162 valence electrons. The lowest BCUT2D eigenvalue weighted by Crippen LogP contribution is -2.24. The number of nitrogens with two attached hydrogens (primary N) is 1. The van der Waals surface area contributed by atoms with Crippen LogP contribution < -0.4 is 16.4 Å². The fraction of sp³-hybridized carbons (Fsp3) is 0. The van der Waals surface area contributed by atoms with E-state index in [0.29, 0.717) is 32.3 Å². The fourth-order valence-electron chi connectivity index (χ4n) is 3.87. The van der Waals surface area contributed by atoms with Crippen LogP contribution in [0.15, 0.2) is 82.8 Å². The number of carbonyl (C=O) groups excluding carboxylic acids is 2. The summed E-state index contributed by atoms with van der Waals surface area (Å²) in [5.74, 6) is -0.550. The van der Waals surface area contributed by atoms with Gasteiger partial charge in [-0.3, -0.25) is 14.6 Å². The predicted octanol–water partition coefficient (Wildman–Crippen LogP) is 5.50. The van der Waals surface area contributed by atoms with E-state index in [0.717, 1.165) is 11.4 Å². The number of nitrogens with one attached hydrogen (secondary N) is 2. The largest absolute Gasteiger partial charge is 0.397 e. The zero-order chi connectivity index (χ0) is 23.1. The van der Waals surface area contributed by atoms with Gasteiger partial charge in [0, 0.05) is 32.8 Å². The lowest BCUT2D eigenvalue weighted by molar-refractivity contribution is 0.0980. The number of benzene rings is 3. The maximum absolute atomic E-state index is 13.3. The van der Waals surface area contributed by atoms with Crippen molar-refractivity contribution in [2.45, 2.75) is 9.79 Å². The van der Waals surface area contributed by atoms with Gasteiger partial charge in [-0.05, 0) is 36.4 Å². The Balaban J connectivity index is 1.54. The van der Waals surface area contributed by atoms with Crippen molar-refractivity contribution in [2.24, 2.45) is 0 Å². The summed E-state index contributed by atoms with van der Waals surface area (Å²) in [7, 11) is 0. The highest BCUT2D eigenvalue weighted by atomic mass is 32.1. The summed E-state index contributed by atoms with van der Waals surface area (Å²) in [6, 6.07) is 17.7. The van der Waals surface area contributed by atoms with E-state index in [1.807, 2.05) is 30.3 Å². The number of nitrogen functional groups attached to an aromatic ring is 1. The van der Waals surface area contributed by atoms with Crippen molar-refractivity contribution in [3.05, 3.63) is 95.3 Å². The zero-order valence-corrected chi connectivity index (χ0v) is 19.0. The van der Waals surface area contributed by atoms with E-state index in [4.69, 9.17) is 5.73 Å². The highest BCUT2D eigenvalue weighted by molar-refractivity contribution is 7.80. The van der Waals surface area contributed by atoms with Gasteiger partial charge in [-0.25, -0.2) is 0 Å². The third-order valence-electron chi connectivity index (χ3n) is 5.43. The number of ketones is 2. The molecule has 0 saturated heterocycles. The van der Waals surface area contributed by atoms with Crippen molar-refractivity contribution < 1.29 is 9.59 Å². The number of hydrogen-bond acceptors (Lipinski definition) is 8. The van der Waals surface area contributed by atoms with Crippen LogP contribution in [0.3, 0.4) is 0 Å². The first-order chi connectivity index (χ1) is 15.9. The molecule has 8 heteroatoms. The lowest BCUT2D eigenvalue weighted by atomic mass is 9.82. The highest BCUT2D eigenvalue weighted by Gasteiger charge is 2.34. The Kier molecular flexibility index (Phi) is 5.32. The minimum Gasteiger partial charge on any atom is -0.397 e. The molecule has 1 aliphatic rings. The molecule has 1 aliphatic carbocycles. The number of anilines is 5. The molecule has 3 aromatic carbocycles. The van der Waals surface area contributed by atoms with Gasteiger partial charge in [0.05, 0.1) is 40.1 Å². The van der Waals surface area contributed by atoms with Gasteiger partial charge in [0.1, 0.15) is 0 Å². The normalized spacial score (nSPS) is 12.2. The van der Waals surface area contributed by atoms with E-state index in [9.17, 15) is 9.59 Å². The number of carbonyl (C=O) groups is 2. The van der Waals surface area contributed by atoms with E-state index in [1.165, 1.54) is 0 Å². The summed E-state index contributed by atoms with van der Waals surface area (Å²) in [5, 5.41) is 6.51. The number of fused-ring (bicyclic) bond motifs is 2. The first kappa shape index (κ1) is 21.1. The topological polar surface area (TPSA) is 97.1 Å². The van der Waals surface area contributed by atoms with Crippen LogP contribution >= 0.6 is 25.3 Å². The Labute approximate surface area is 201 Å². The quantitative estimate of drug-likeness (QED) is 0.176. The lowest BCUT2D eigenvalue weighted by Gasteiger charge is -2.23. The molecule has 0 amide bonds. The van der Waals surface area contributed by atoms with Gasteiger partial charge in [0.15, 0.2) is 11.6 Å². The third kappa shape index (κ3) is 3.73. The average molecular weight is 471 g/mol. The van der Waals surface area contributed by atoms with E-state index in [1.54, 1.807) is 42.7 Å². The molecule has 0 bridgehead atoms. The standard InChI is InChI=1S/C25H18N4O2S2/c26-23-20(33)11-18(21-22(23)25(31)16-6-2-1-5-15(16)24(21)30)28-13-7-8-17(19(32)10-13)29-14-4-3-9-27-12-14/h1-12,28-29,32-33H,26H2. The zero-order valence-electron chi connectivity index (χ0n) is 17.2. The van der Waals surface area contributed by atoms with Gasteiger partial charge >= 0.3 is 0 Å². The molecule has 1 heterocycles. The van der Waals surface area contributed by atoms with Crippen molar-refractivity contribution in [1.82, 2.24) is 4.98 Å². The Morgan fingerprint density at radius 2 is 1.42 bits per heavy atom. The molecule has 5 rings (SSSR count). The first-order valence-corrected chi connectivity index (χ1v) is 10.9. The fourth-order valence-corrected chi connectivity index (χ4v) is 4.38. The van der Waals surface area contributed by atoms with Crippen molar-refractivity contribution in [1.29, 1.82) is 0 Å². The van der Waals surface area contributed by atoms with E-state index in [2.05, 4.69) is 40.9 Å². The van der Waals surface area contributed by atoms with Crippen LogP contribution in [0.2, 0.25) is 0 Å². The molecule has 0 aliphatic heterocycles. The van der Waals surface area contributed by atoms with Gasteiger partial charge in [-0.1, -0.05) is 24.3 Å². The molecule has 4 N–H and O–H groups in total. The van der Waals surface area contributed by atoms with Crippen molar-refractivity contribution in [3.63, 3.8) is 0 Å². The molecule has 0 fully saturated rings. The maximum Gasteiger partial charge on any atom is 0.196 e. The van der Waals surface area contributed by atoms with Crippen LogP contribution in [0.1, 0.15) is 31.8 Å². The summed E-state index contributed by atoms with van der Waals surface area (Å²) in [5.41, 5.74) is 10.3. The molecule has 0 saturated carbocycles. The third-order valence-corrected chi connectivity index (χ3v) is 6.17. The van der Waals surface area contributed by atoms with Gasteiger partial charge in [-0.2, -0.15) is 0 Å². The Morgan fingerprint density at radius 1 is 0.727 bits per heavy atom. The number of aromatic nitrogens is 1. The van der Waals surface area contributed by atoms with Crippen LogP contribution in [-0.2, 0) is 0 Å². The molecule has 1 aromatic heterocycles. The van der Waals surface area contributed by atoms with Crippen molar-refractivity contribution in [3.8, 4) is 0 Å². The van der Waals surface area contributed by atoms with Crippen LogP contribution in [0.5, 0.6) is 0 Å². The Hall–Kier alpha value is -3.75. The van der Waals surface area contributed by atoms with Crippen LogP contribution in [-0.4, -0.2) is 16.6 Å². The van der Waals surface area contributed by atoms with Crippen LogP contribution in [0, 0.1) is 0 Å². The van der Waals surface area contributed by atoms with E-state index >= 15 is 0 Å². The highest BCUT2D eigenvalue weighted by Crippen LogP contribution is 2.40. The molecular formula is C25H18N4O2S2. The molecule has 0 radical (unpaired) electrons. The summed E-state index contributed by atoms with van der Waals surface area (Å²) in [6.45, 7) is 0. The Morgan fingerprint density at radius 3 is 2.09 bits per heavy atom. The number of pyridine rings is 1. The molecule has 0 unspecified atom stereocenters. The minimum absolute atomic E-state index is 0.176. The second kappa shape index (κ2) is 8.31. The number of thiol groups is 2. The smallest absolute Gasteiger partial charge is 0.196 e. The summed E-state index contributed by atoms with van der Waals surface area (Å²) >= 11 is 9.03. The number of nitrogens with zero attached hydrogens (tertiary/aromatic N) is 1. The second-order valence-corrected chi connectivity index (χ2v) is 8.50. The summed E-state index contributed by atoms with van der Waals surface area (Å²) in [6.07, 6.45) is 3.42. The van der Waals surface area contributed by atoms with Crippen LogP contribution in [0.25, 0.3) is 0 Å². The van der Waals surface area contributed by atoms with Gasteiger partial charge in [0.25, 0.3) is 0 Å². The van der Waals surface area contributed by atoms with Crippen molar-refractivity contribution >= 4 is 65.3 Å². The number of hydrogen-bond donors (Lipinski definition) is 5. The molecule has 6 nitrogen and oxygen atoms in total.